The van der Waals surface area contributed by atoms with Gasteiger partial charge in [0.25, 0.3) is 5.56 Å². The van der Waals surface area contributed by atoms with Crippen LogP contribution in [0.2, 0.25) is 0 Å². The maximum Gasteiger partial charge on any atom is 0.416 e. The maximum atomic E-state index is 13.4. The molecule has 4 rings (SSSR count). The number of carbonyl (C=O) groups excluding carboxylic acids is 2. The summed E-state index contributed by atoms with van der Waals surface area (Å²) >= 11 is 0. The molecule has 10 heteroatoms. The van der Waals surface area contributed by atoms with Crippen molar-refractivity contribution in [3.8, 4) is 11.4 Å². The van der Waals surface area contributed by atoms with Crippen molar-refractivity contribution in [2.75, 3.05) is 5.32 Å². The van der Waals surface area contributed by atoms with Crippen molar-refractivity contribution in [1.29, 1.82) is 0 Å². The van der Waals surface area contributed by atoms with E-state index in [1.54, 1.807) is 6.92 Å². The van der Waals surface area contributed by atoms with Crippen LogP contribution in [0.4, 0.5) is 18.9 Å². The fourth-order valence-electron chi connectivity index (χ4n) is 4.52. The van der Waals surface area contributed by atoms with Crippen LogP contribution in [0.25, 0.3) is 11.4 Å². The van der Waals surface area contributed by atoms with Crippen LogP contribution in [0.15, 0.2) is 59.5 Å². The van der Waals surface area contributed by atoms with E-state index in [2.05, 4.69) is 15.6 Å². The first-order chi connectivity index (χ1) is 18.1. The zero-order chi connectivity index (χ0) is 27.4. The summed E-state index contributed by atoms with van der Waals surface area (Å²) < 4.78 is 41.1. The number of halogens is 3. The number of fused-ring (bicyclic) bond motifs is 1. The number of alkyl halides is 3. The van der Waals surface area contributed by atoms with E-state index >= 15 is 0 Å². The van der Waals surface area contributed by atoms with Crippen molar-refractivity contribution in [3.63, 3.8) is 0 Å². The highest BCUT2D eigenvalue weighted by Crippen LogP contribution is 2.32. The molecule has 0 saturated heterocycles. The van der Waals surface area contributed by atoms with Gasteiger partial charge >= 0.3 is 6.18 Å². The van der Waals surface area contributed by atoms with E-state index in [1.807, 2.05) is 31.2 Å². The minimum absolute atomic E-state index is 0.0209. The second kappa shape index (κ2) is 11.2. The van der Waals surface area contributed by atoms with E-state index < -0.39 is 35.7 Å². The van der Waals surface area contributed by atoms with E-state index in [0.717, 1.165) is 53.3 Å². The van der Waals surface area contributed by atoms with Gasteiger partial charge in [-0.3, -0.25) is 19.0 Å². The Morgan fingerprint density at radius 2 is 1.92 bits per heavy atom. The Morgan fingerprint density at radius 3 is 2.66 bits per heavy atom. The van der Waals surface area contributed by atoms with Gasteiger partial charge in [0.2, 0.25) is 11.8 Å². The smallest absolute Gasteiger partial charge is 0.348 e. The fraction of sp³-hybridized carbons (Fsp3) is 0.357. The molecule has 2 amide bonds. The van der Waals surface area contributed by atoms with Gasteiger partial charge in [-0.05, 0) is 48.9 Å². The molecular formula is C28H29F3N4O3. The van der Waals surface area contributed by atoms with Crippen LogP contribution in [0.5, 0.6) is 0 Å². The minimum Gasteiger partial charge on any atom is -0.348 e. The lowest BCUT2D eigenvalue weighted by Crippen LogP contribution is -2.37. The molecule has 1 aliphatic rings. The summed E-state index contributed by atoms with van der Waals surface area (Å²) in [5, 5.41) is 5.50. The summed E-state index contributed by atoms with van der Waals surface area (Å²) in [6, 6.07) is 11.9. The van der Waals surface area contributed by atoms with Crippen LogP contribution < -0.4 is 16.2 Å². The Hall–Kier alpha value is -3.95. The molecule has 0 saturated carbocycles. The number of rotatable bonds is 7. The number of carbonyl (C=O) groups is 2. The third kappa shape index (κ3) is 5.95. The molecule has 200 valence electrons. The Bertz CT molecular complexity index is 1400. The van der Waals surface area contributed by atoms with Crippen LogP contribution >= 0.6 is 0 Å². The van der Waals surface area contributed by atoms with E-state index in [4.69, 9.17) is 0 Å². The summed E-state index contributed by atoms with van der Waals surface area (Å²) in [7, 11) is 0. The zero-order valence-electron chi connectivity index (χ0n) is 21.1. The molecule has 3 aromatic rings. The Balaban J connectivity index is 1.70. The standard InChI is InChI=1S/C28H29F3N4O3/c1-3-17(2)26(37)34-23-15-32-25(19-10-6-11-20(14-19)28(29,30)31)35(27(23)38)16-24(36)33-22-13-7-9-18-8-4-5-12-21(18)22/h4-6,8,10-12,14-15,17,22H,3,7,9,13,16H2,1-2H3,(H,33,36)(H,34,37)/t17-,22-/m1/s1. The monoisotopic (exact) mass is 526 g/mol. The molecule has 2 atom stereocenters. The number of nitrogens with one attached hydrogen (secondary N) is 2. The fourth-order valence-corrected chi connectivity index (χ4v) is 4.52. The van der Waals surface area contributed by atoms with Crippen molar-refractivity contribution in [2.45, 2.75) is 58.3 Å². The van der Waals surface area contributed by atoms with Gasteiger partial charge in [-0.15, -0.1) is 0 Å². The average Bonchev–Trinajstić information content (AvgIpc) is 2.90. The van der Waals surface area contributed by atoms with Gasteiger partial charge in [0.05, 0.1) is 17.8 Å². The molecule has 0 fully saturated rings. The van der Waals surface area contributed by atoms with Crippen molar-refractivity contribution >= 4 is 17.5 Å². The number of benzene rings is 2. The van der Waals surface area contributed by atoms with E-state index in [9.17, 15) is 27.6 Å². The zero-order valence-corrected chi connectivity index (χ0v) is 21.1. The van der Waals surface area contributed by atoms with Crippen molar-refractivity contribution in [1.82, 2.24) is 14.9 Å². The molecule has 1 aliphatic carbocycles. The normalized spacial score (nSPS) is 15.9. The van der Waals surface area contributed by atoms with Gasteiger partial charge < -0.3 is 10.6 Å². The molecule has 0 spiro atoms. The van der Waals surface area contributed by atoms with Gasteiger partial charge in [-0.2, -0.15) is 13.2 Å². The largest absolute Gasteiger partial charge is 0.416 e. The molecule has 0 unspecified atom stereocenters. The van der Waals surface area contributed by atoms with Crippen LogP contribution in [0, 0.1) is 5.92 Å². The summed E-state index contributed by atoms with van der Waals surface area (Å²) in [5.74, 6) is -1.37. The third-order valence-electron chi connectivity index (χ3n) is 6.82. The number of hydrogen-bond donors (Lipinski definition) is 2. The predicted molar refractivity (Wildman–Crippen MR) is 137 cm³/mol. The van der Waals surface area contributed by atoms with Gasteiger partial charge in [0, 0.05) is 11.5 Å². The maximum absolute atomic E-state index is 13.4. The van der Waals surface area contributed by atoms with Gasteiger partial charge in [0.1, 0.15) is 18.1 Å². The highest BCUT2D eigenvalue weighted by atomic mass is 19.4. The third-order valence-corrected chi connectivity index (χ3v) is 6.82. The molecular weight excluding hydrogens is 497 g/mol. The Kier molecular flexibility index (Phi) is 7.99. The molecule has 1 aromatic heterocycles. The van der Waals surface area contributed by atoms with E-state index in [-0.39, 0.29) is 29.0 Å². The number of amides is 2. The molecule has 0 aliphatic heterocycles. The highest BCUT2D eigenvalue weighted by molar-refractivity contribution is 5.92. The van der Waals surface area contributed by atoms with E-state index in [0.29, 0.717) is 6.42 Å². The van der Waals surface area contributed by atoms with Crippen molar-refractivity contribution in [2.24, 2.45) is 5.92 Å². The second-order valence-corrected chi connectivity index (χ2v) is 9.48. The van der Waals surface area contributed by atoms with Crippen LogP contribution in [-0.4, -0.2) is 21.4 Å². The Labute approximate surface area is 218 Å². The van der Waals surface area contributed by atoms with Crippen LogP contribution in [0.3, 0.4) is 0 Å². The number of aromatic nitrogens is 2. The number of hydrogen-bond acceptors (Lipinski definition) is 4. The SMILES string of the molecule is CC[C@@H](C)C(=O)Nc1cnc(-c2cccc(C(F)(F)F)c2)n(CC(=O)N[C@@H]2CCCc3ccccc32)c1=O. The number of aryl methyl sites for hydroxylation is 1. The number of nitrogens with zero attached hydrogens (tertiary/aromatic N) is 2. The van der Waals surface area contributed by atoms with Gasteiger partial charge in [-0.1, -0.05) is 50.2 Å². The first kappa shape index (κ1) is 27.1. The minimum atomic E-state index is -4.60. The quantitative estimate of drug-likeness (QED) is 0.448. The molecule has 1 heterocycles. The summed E-state index contributed by atoms with van der Waals surface area (Å²) in [4.78, 5) is 43.2. The highest BCUT2D eigenvalue weighted by Gasteiger charge is 2.31. The average molecular weight is 527 g/mol. The van der Waals surface area contributed by atoms with Crippen molar-refractivity contribution < 1.29 is 22.8 Å². The predicted octanol–water partition coefficient (Wildman–Crippen LogP) is 5.11. The van der Waals surface area contributed by atoms with Crippen LogP contribution in [-0.2, 0) is 28.7 Å². The first-order valence-corrected chi connectivity index (χ1v) is 12.5. The molecule has 0 bridgehead atoms. The molecule has 0 radical (unpaired) electrons. The van der Waals surface area contributed by atoms with E-state index in [1.165, 1.54) is 12.1 Å². The van der Waals surface area contributed by atoms with Crippen LogP contribution in [0.1, 0.15) is 55.8 Å². The lowest BCUT2D eigenvalue weighted by atomic mass is 9.88. The Morgan fingerprint density at radius 1 is 1.16 bits per heavy atom. The lowest BCUT2D eigenvalue weighted by molar-refractivity contribution is -0.137. The van der Waals surface area contributed by atoms with Gasteiger partial charge in [-0.25, -0.2) is 4.98 Å². The van der Waals surface area contributed by atoms with Gasteiger partial charge in [0.15, 0.2) is 0 Å². The summed E-state index contributed by atoms with van der Waals surface area (Å²) in [5.41, 5.74) is 0.374. The summed E-state index contributed by atoms with van der Waals surface area (Å²) in [6.07, 6.45) is -0.427. The first-order valence-electron chi connectivity index (χ1n) is 12.5. The molecule has 38 heavy (non-hydrogen) atoms. The molecule has 2 N–H and O–H groups in total. The topological polar surface area (TPSA) is 93.1 Å². The second-order valence-electron chi connectivity index (χ2n) is 9.48. The number of anilines is 1. The molecule has 7 nitrogen and oxygen atoms in total. The summed E-state index contributed by atoms with van der Waals surface area (Å²) in [6.45, 7) is 3.04. The lowest BCUT2D eigenvalue weighted by Gasteiger charge is -2.26. The van der Waals surface area contributed by atoms with Crippen molar-refractivity contribution in [3.05, 3.63) is 81.8 Å². The molecule has 2 aromatic carbocycles.